The lowest BCUT2D eigenvalue weighted by Gasteiger charge is -2.16. The molecule has 166 valence electrons. The first-order valence-electron chi connectivity index (χ1n) is 10.9. The minimum atomic E-state index is -0.338. The number of carbonyl (C=O) groups excluding carboxylic acids is 2. The number of benzene rings is 2. The van der Waals surface area contributed by atoms with Gasteiger partial charge in [0.15, 0.2) is 0 Å². The second-order valence-electron chi connectivity index (χ2n) is 8.56. The molecule has 0 unspecified atom stereocenters. The van der Waals surface area contributed by atoms with Crippen LogP contribution in [-0.2, 0) is 29.2 Å². The molecular formula is C26H29N3O3. The summed E-state index contributed by atoms with van der Waals surface area (Å²) in [4.78, 5) is 28.9. The first-order chi connectivity index (χ1) is 15.5. The van der Waals surface area contributed by atoms with Gasteiger partial charge in [-0.25, -0.2) is 0 Å². The number of carbonyl (C=O) groups is 2. The molecule has 1 fully saturated rings. The van der Waals surface area contributed by atoms with Crippen LogP contribution in [0.15, 0.2) is 71.3 Å². The van der Waals surface area contributed by atoms with Crippen molar-refractivity contribution in [3.05, 3.63) is 83.8 Å². The highest BCUT2D eigenvalue weighted by atomic mass is 16.3. The van der Waals surface area contributed by atoms with Crippen molar-refractivity contribution in [1.29, 1.82) is 0 Å². The van der Waals surface area contributed by atoms with E-state index in [4.69, 9.17) is 4.42 Å². The van der Waals surface area contributed by atoms with Crippen molar-refractivity contribution >= 4 is 11.8 Å². The van der Waals surface area contributed by atoms with Crippen LogP contribution in [0.3, 0.4) is 0 Å². The average molecular weight is 432 g/mol. The fourth-order valence-corrected chi connectivity index (χ4v) is 4.13. The minimum absolute atomic E-state index is 0.0141. The van der Waals surface area contributed by atoms with E-state index >= 15 is 0 Å². The molecule has 0 bridgehead atoms. The number of nitrogens with zero attached hydrogens (tertiary/aromatic N) is 2. The topological polar surface area (TPSA) is 65.8 Å². The summed E-state index contributed by atoms with van der Waals surface area (Å²) in [6, 6.07) is 20.3. The molecule has 32 heavy (non-hydrogen) atoms. The van der Waals surface area contributed by atoms with Crippen LogP contribution >= 0.6 is 0 Å². The van der Waals surface area contributed by atoms with Gasteiger partial charge in [-0.15, -0.1) is 0 Å². The van der Waals surface area contributed by atoms with Crippen LogP contribution in [-0.4, -0.2) is 42.3 Å². The average Bonchev–Trinajstić information content (AvgIpc) is 3.43. The Morgan fingerprint density at radius 3 is 2.59 bits per heavy atom. The van der Waals surface area contributed by atoms with E-state index in [2.05, 4.69) is 54.6 Å². The fraction of sp³-hybridized carbons (Fsp3) is 0.308. The van der Waals surface area contributed by atoms with Gasteiger partial charge in [-0.1, -0.05) is 48.5 Å². The third kappa shape index (κ3) is 5.26. The molecule has 1 atom stereocenters. The molecule has 3 aromatic rings. The smallest absolute Gasteiger partial charge is 0.225 e. The van der Waals surface area contributed by atoms with E-state index < -0.39 is 0 Å². The predicted octanol–water partition coefficient (Wildman–Crippen LogP) is 3.67. The zero-order chi connectivity index (χ0) is 22.5. The molecule has 1 saturated heterocycles. The zero-order valence-electron chi connectivity index (χ0n) is 18.6. The molecule has 1 aliphatic rings. The number of hydrogen-bond acceptors (Lipinski definition) is 4. The van der Waals surface area contributed by atoms with Gasteiger partial charge in [-0.3, -0.25) is 9.59 Å². The van der Waals surface area contributed by atoms with Gasteiger partial charge in [0.2, 0.25) is 11.8 Å². The van der Waals surface area contributed by atoms with Crippen LogP contribution in [0.4, 0.5) is 0 Å². The summed E-state index contributed by atoms with van der Waals surface area (Å²) in [7, 11) is 4.11. The van der Waals surface area contributed by atoms with Gasteiger partial charge in [0.1, 0.15) is 5.76 Å². The molecule has 1 aromatic heterocycles. The quantitative estimate of drug-likeness (QED) is 0.591. The molecule has 1 aliphatic heterocycles. The molecule has 0 aliphatic carbocycles. The highest BCUT2D eigenvalue weighted by Crippen LogP contribution is 2.25. The monoisotopic (exact) mass is 431 g/mol. The number of nitrogens with one attached hydrogen (secondary N) is 1. The first kappa shape index (κ1) is 21.8. The Balaban J connectivity index is 1.38. The highest BCUT2D eigenvalue weighted by Gasteiger charge is 2.34. The molecule has 4 rings (SSSR count). The second-order valence-corrected chi connectivity index (χ2v) is 8.56. The van der Waals surface area contributed by atoms with Gasteiger partial charge >= 0.3 is 0 Å². The molecule has 2 aromatic carbocycles. The van der Waals surface area contributed by atoms with Crippen molar-refractivity contribution in [1.82, 2.24) is 15.1 Å². The predicted molar refractivity (Wildman–Crippen MR) is 123 cm³/mol. The third-order valence-corrected chi connectivity index (χ3v) is 5.75. The van der Waals surface area contributed by atoms with Crippen molar-refractivity contribution in [2.75, 3.05) is 20.6 Å². The summed E-state index contributed by atoms with van der Waals surface area (Å²) in [6.07, 6.45) is 1.83. The fourth-order valence-electron chi connectivity index (χ4n) is 4.13. The van der Waals surface area contributed by atoms with Crippen LogP contribution in [0, 0.1) is 5.92 Å². The molecule has 2 heterocycles. The van der Waals surface area contributed by atoms with E-state index in [1.165, 1.54) is 5.56 Å². The molecule has 0 saturated carbocycles. The second kappa shape index (κ2) is 9.83. The Kier molecular flexibility index (Phi) is 6.71. The molecule has 1 N–H and O–H groups in total. The van der Waals surface area contributed by atoms with E-state index in [0.29, 0.717) is 19.6 Å². The van der Waals surface area contributed by atoms with Crippen LogP contribution in [0.5, 0.6) is 0 Å². The van der Waals surface area contributed by atoms with E-state index in [1.807, 2.05) is 24.3 Å². The van der Waals surface area contributed by atoms with Gasteiger partial charge in [-0.2, -0.15) is 0 Å². The third-order valence-electron chi connectivity index (χ3n) is 5.75. The summed E-state index contributed by atoms with van der Waals surface area (Å²) in [5.74, 6) is 0.288. The lowest BCUT2D eigenvalue weighted by Crippen LogP contribution is -2.32. The van der Waals surface area contributed by atoms with Crippen LogP contribution < -0.4 is 5.32 Å². The molecule has 2 amide bonds. The molecule has 6 heteroatoms. The summed E-state index contributed by atoms with van der Waals surface area (Å²) in [5.41, 5.74) is 4.54. The van der Waals surface area contributed by atoms with Crippen LogP contribution in [0.2, 0.25) is 0 Å². The van der Waals surface area contributed by atoms with E-state index in [-0.39, 0.29) is 24.2 Å². The Morgan fingerprint density at radius 2 is 1.88 bits per heavy atom. The maximum absolute atomic E-state index is 12.8. The normalized spacial score (nSPS) is 16.0. The van der Waals surface area contributed by atoms with Crippen molar-refractivity contribution in [3.63, 3.8) is 0 Å². The van der Waals surface area contributed by atoms with Crippen molar-refractivity contribution < 1.29 is 14.0 Å². The number of likely N-dealkylation sites (tertiary alicyclic amines) is 1. The van der Waals surface area contributed by atoms with Crippen LogP contribution in [0.25, 0.3) is 11.1 Å². The van der Waals surface area contributed by atoms with Crippen molar-refractivity contribution in [3.8, 4) is 11.1 Å². The highest BCUT2D eigenvalue weighted by molar-refractivity contribution is 5.89. The van der Waals surface area contributed by atoms with Gasteiger partial charge in [-0.05, 0) is 48.5 Å². The maximum Gasteiger partial charge on any atom is 0.225 e. The Hall–Kier alpha value is -3.38. The van der Waals surface area contributed by atoms with E-state index in [0.717, 1.165) is 29.0 Å². The summed E-state index contributed by atoms with van der Waals surface area (Å²) in [5, 5.41) is 3.04. The van der Waals surface area contributed by atoms with E-state index in [1.54, 1.807) is 17.2 Å². The molecule has 6 nitrogen and oxygen atoms in total. The number of amides is 2. The minimum Gasteiger partial charge on any atom is -0.467 e. The Labute approximate surface area is 188 Å². The lowest BCUT2D eigenvalue weighted by molar-refractivity contribution is -0.129. The SMILES string of the molecule is CN(C)Cc1ccc(-c2ccccc2CNC(=O)[C@H]2CC(=O)N(Cc3ccco3)C2)cc1. The van der Waals surface area contributed by atoms with E-state index in [9.17, 15) is 9.59 Å². The maximum atomic E-state index is 12.8. The van der Waals surface area contributed by atoms with Crippen LogP contribution in [0.1, 0.15) is 23.3 Å². The molecular weight excluding hydrogens is 402 g/mol. The standard InChI is InChI=1S/C26H29N3O3/c1-28(2)16-19-9-11-20(12-10-19)24-8-4-3-6-21(24)15-27-26(31)22-14-25(30)29(17-22)18-23-7-5-13-32-23/h3-13,22H,14-18H2,1-2H3,(H,27,31)/t22-/m0/s1. The largest absolute Gasteiger partial charge is 0.467 e. The number of hydrogen-bond donors (Lipinski definition) is 1. The zero-order valence-corrected chi connectivity index (χ0v) is 18.6. The first-order valence-corrected chi connectivity index (χ1v) is 10.9. The lowest BCUT2D eigenvalue weighted by atomic mass is 9.98. The Morgan fingerprint density at radius 1 is 1.09 bits per heavy atom. The summed E-state index contributed by atoms with van der Waals surface area (Å²) >= 11 is 0. The van der Waals surface area contributed by atoms with Gasteiger partial charge in [0.05, 0.1) is 18.7 Å². The van der Waals surface area contributed by atoms with Gasteiger partial charge in [0.25, 0.3) is 0 Å². The Bertz CT molecular complexity index is 1060. The summed E-state index contributed by atoms with van der Waals surface area (Å²) in [6.45, 7) is 2.15. The van der Waals surface area contributed by atoms with Crippen molar-refractivity contribution in [2.24, 2.45) is 5.92 Å². The number of furan rings is 1. The summed E-state index contributed by atoms with van der Waals surface area (Å²) < 4.78 is 5.33. The van der Waals surface area contributed by atoms with Gasteiger partial charge < -0.3 is 19.5 Å². The molecule has 0 radical (unpaired) electrons. The molecule has 0 spiro atoms. The number of rotatable bonds is 8. The van der Waals surface area contributed by atoms with Crippen molar-refractivity contribution in [2.45, 2.75) is 26.1 Å². The van der Waals surface area contributed by atoms with Gasteiger partial charge in [0, 0.05) is 26.1 Å².